The Kier molecular flexibility index (Phi) is 1.93. The highest BCUT2D eigenvalue weighted by atomic mass is 16.5. The average Bonchev–Trinajstić information content (AvgIpc) is 2.17. The number of ether oxygens (including phenoxy) is 1. The maximum absolute atomic E-state index is 5.04. The number of rotatable bonds is 1. The lowest BCUT2D eigenvalue weighted by atomic mass is 9.94. The Balaban J connectivity index is 2.66. The zero-order valence-electron chi connectivity index (χ0n) is 7.74. The predicted octanol–water partition coefficient (Wildman–Crippen LogP) is 0.502. The summed E-state index contributed by atoms with van der Waals surface area (Å²) in [5.41, 5.74) is 1.25. The van der Waals surface area contributed by atoms with E-state index in [0.717, 1.165) is 10.8 Å². The van der Waals surface area contributed by atoms with Crippen LogP contribution in [0.4, 0.5) is 0 Å². The van der Waals surface area contributed by atoms with Gasteiger partial charge in [-0.25, -0.2) is 4.98 Å². The minimum atomic E-state index is 0.663. The number of fused-ring (bicyclic) bond motifs is 1. The summed E-state index contributed by atoms with van der Waals surface area (Å²) in [7, 11) is 3.70. The van der Waals surface area contributed by atoms with E-state index in [2.05, 4.69) is 31.0 Å². The first kappa shape index (κ1) is 8.11. The van der Waals surface area contributed by atoms with Gasteiger partial charge in [-0.1, -0.05) is 23.7 Å². The molecule has 0 radical (unpaired) electrons. The maximum atomic E-state index is 5.04. The molecular weight excluding hydrogens is 161 g/mol. The van der Waals surface area contributed by atoms with Gasteiger partial charge in [-0.05, 0) is 10.8 Å². The predicted molar refractivity (Wildman–Crippen MR) is 56.5 cm³/mol. The van der Waals surface area contributed by atoms with E-state index in [1.54, 1.807) is 7.11 Å². The van der Waals surface area contributed by atoms with Crippen LogP contribution in [0.3, 0.4) is 0 Å². The van der Waals surface area contributed by atoms with Gasteiger partial charge in [-0.15, -0.1) is 0 Å². The molecule has 0 fully saturated rings. The number of hydrogen-bond donors (Lipinski definition) is 0. The van der Waals surface area contributed by atoms with Crippen molar-refractivity contribution in [3.8, 4) is 5.88 Å². The molecule has 0 saturated carbocycles. The average molecular weight is 171 g/mol. The minimum absolute atomic E-state index is 0.663. The van der Waals surface area contributed by atoms with E-state index >= 15 is 0 Å². The molecule has 2 rings (SSSR count). The summed E-state index contributed by atoms with van der Waals surface area (Å²) in [4.78, 5) is 4.14. The maximum Gasteiger partial charge on any atom is 0.213 e. The van der Waals surface area contributed by atoms with Crippen LogP contribution in [0.2, 0.25) is 0 Å². The molecule has 0 atom stereocenters. The van der Waals surface area contributed by atoms with E-state index in [9.17, 15) is 0 Å². The number of nitrogens with zero attached hydrogens (tertiary/aromatic N) is 1. The Morgan fingerprint density at radius 1 is 1.23 bits per heavy atom. The van der Waals surface area contributed by atoms with Gasteiger partial charge in [0.05, 0.1) is 7.11 Å². The van der Waals surface area contributed by atoms with Crippen LogP contribution in [0.15, 0.2) is 30.5 Å². The van der Waals surface area contributed by atoms with Gasteiger partial charge in [0.15, 0.2) is 0 Å². The topological polar surface area (TPSA) is 22.1 Å². The van der Waals surface area contributed by atoms with Crippen molar-refractivity contribution in [2.75, 3.05) is 7.11 Å². The zero-order valence-corrected chi connectivity index (χ0v) is 7.74. The third kappa shape index (κ3) is 1.50. The lowest BCUT2D eigenvalue weighted by Gasteiger charge is -2.01. The highest BCUT2D eigenvalue weighted by Crippen LogP contribution is 2.15. The van der Waals surface area contributed by atoms with E-state index in [0.29, 0.717) is 5.88 Å². The van der Waals surface area contributed by atoms with Crippen molar-refractivity contribution >= 4 is 24.1 Å². The second kappa shape index (κ2) is 3.09. The van der Waals surface area contributed by atoms with E-state index < -0.39 is 0 Å². The molecule has 0 unspecified atom stereocenters. The molecule has 2 aromatic rings. The molecule has 0 N–H and O–H groups in total. The summed E-state index contributed by atoms with van der Waals surface area (Å²) in [6.45, 7) is 0. The van der Waals surface area contributed by atoms with Gasteiger partial charge in [-0.2, -0.15) is 0 Å². The van der Waals surface area contributed by atoms with Crippen LogP contribution in [0.1, 0.15) is 0 Å². The van der Waals surface area contributed by atoms with Crippen LogP contribution in [0, 0.1) is 0 Å². The molecule has 0 spiro atoms. The summed E-state index contributed by atoms with van der Waals surface area (Å²) in [6.07, 6.45) is 1.83. The third-order valence-corrected chi connectivity index (χ3v) is 2.06. The van der Waals surface area contributed by atoms with Crippen molar-refractivity contribution in [1.82, 2.24) is 4.98 Å². The van der Waals surface area contributed by atoms with Crippen molar-refractivity contribution in [3.05, 3.63) is 30.5 Å². The highest BCUT2D eigenvalue weighted by molar-refractivity contribution is 6.33. The van der Waals surface area contributed by atoms with Gasteiger partial charge in [0, 0.05) is 12.3 Å². The molecule has 3 heteroatoms. The molecule has 0 bridgehead atoms. The van der Waals surface area contributed by atoms with E-state index in [1.165, 1.54) is 5.46 Å². The molecule has 0 saturated heterocycles. The van der Waals surface area contributed by atoms with E-state index in [-0.39, 0.29) is 0 Å². The number of benzene rings is 1. The molecule has 0 aliphatic carbocycles. The fourth-order valence-corrected chi connectivity index (χ4v) is 1.35. The van der Waals surface area contributed by atoms with Crippen molar-refractivity contribution in [3.63, 3.8) is 0 Å². The lowest BCUT2D eigenvalue weighted by molar-refractivity contribution is 0.399. The van der Waals surface area contributed by atoms with Gasteiger partial charge < -0.3 is 4.74 Å². The Morgan fingerprint density at radius 2 is 2.08 bits per heavy atom. The monoisotopic (exact) mass is 171 g/mol. The van der Waals surface area contributed by atoms with Crippen LogP contribution in [-0.2, 0) is 0 Å². The fourth-order valence-electron chi connectivity index (χ4n) is 1.35. The van der Waals surface area contributed by atoms with Crippen molar-refractivity contribution < 1.29 is 4.74 Å². The second-order valence-corrected chi connectivity index (χ2v) is 3.08. The van der Waals surface area contributed by atoms with E-state index in [1.807, 2.05) is 12.3 Å². The first-order chi connectivity index (χ1) is 6.29. The SMILES string of the molecule is Bc1ccc2cc(OC)ncc2c1. The largest absolute Gasteiger partial charge is 0.481 e. The van der Waals surface area contributed by atoms with Gasteiger partial charge in [0.25, 0.3) is 0 Å². The fraction of sp³-hybridized carbons (Fsp3) is 0.100. The molecule has 0 amide bonds. The molecule has 2 nitrogen and oxygen atoms in total. The second-order valence-electron chi connectivity index (χ2n) is 3.08. The number of pyridine rings is 1. The number of aromatic nitrogens is 1. The summed E-state index contributed by atoms with van der Waals surface area (Å²) < 4.78 is 5.04. The molecular formula is C10H10BNO. The summed E-state index contributed by atoms with van der Waals surface area (Å²) in [5.74, 6) is 0.663. The van der Waals surface area contributed by atoms with Crippen LogP contribution >= 0.6 is 0 Å². The van der Waals surface area contributed by atoms with Crippen molar-refractivity contribution in [2.45, 2.75) is 0 Å². The Bertz CT molecular complexity index is 442. The Hall–Kier alpha value is -1.51. The van der Waals surface area contributed by atoms with E-state index in [4.69, 9.17) is 4.74 Å². The van der Waals surface area contributed by atoms with Crippen molar-refractivity contribution in [1.29, 1.82) is 0 Å². The van der Waals surface area contributed by atoms with Gasteiger partial charge >= 0.3 is 0 Å². The number of hydrogen-bond acceptors (Lipinski definition) is 2. The molecule has 0 aliphatic heterocycles. The standard InChI is InChI=1S/C10H10BNO/c1-13-10-5-7-2-3-9(11)4-8(7)6-12-10/h2-6H,11H2,1H3. The first-order valence-corrected chi connectivity index (χ1v) is 4.20. The van der Waals surface area contributed by atoms with Crippen LogP contribution in [0.25, 0.3) is 10.8 Å². The van der Waals surface area contributed by atoms with Gasteiger partial charge in [0.2, 0.25) is 5.88 Å². The molecule has 64 valence electrons. The smallest absolute Gasteiger partial charge is 0.213 e. The van der Waals surface area contributed by atoms with Crippen LogP contribution < -0.4 is 10.2 Å². The molecule has 13 heavy (non-hydrogen) atoms. The van der Waals surface area contributed by atoms with Gasteiger partial charge in [0.1, 0.15) is 7.85 Å². The molecule has 1 heterocycles. The van der Waals surface area contributed by atoms with Gasteiger partial charge in [-0.3, -0.25) is 0 Å². The van der Waals surface area contributed by atoms with Crippen LogP contribution in [0.5, 0.6) is 5.88 Å². The number of methoxy groups -OCH3 is 1. The summed E-state index contributed by atoms with van der Waals surface area (Å²) in [6, 6.07) is 8.22. The first-order valence-electron chi connectivity index (χ1n) is 4.20. The minimum Gasteiger partial charge on any atom is -0.481 e. The third-order valence-electron chi connectivity index (χ3n) is 2.06. The normalized spacial score (nSPS) is 10.2. The van der Waals surface area contributed by atoms with Crippen molar-refractivity contribution in [2.24, 2.45) is 0 Å². The van der Waals surface area contributed by atoms with Crippen LogP contribution in [-0.4, -0.2) is 19.9 Å². The summed E-state index contributed by atoms with van der Waals surface area (Å²) in [5, 5.41) is 2.32. The highest BCUT2D eigenvalue weighted by Gasteiger charge is 1.96. The summed E-state index contributed by atoms with van der Waals surface area (Å²) >= 11 is 0. The lowest BCUT2D eigenvalue weighted by Crippen LogP contribution is -2.00. The molecule has 0 aliphatic rings. The molecule has 1 aromatic carbocycles. The Morgan fingerprint density at radius 3 is 2.85 bits per heavy atom. The Labute approximate surface area is 78.0 Å². The quantitative estimate of drug-likeness (QED) is 0.583. The molecule has 1 aromatic heterocycles. The zero-order chi connectivity index (χ0) is 9.26.